The zero-order valence-electron chi connectivity index (χ0n) is 11.6. The van der Waals surface area contributed by atoms with Crippen molar-refractivity contribution in [1.29, 1.82) is 0 Å². The molecule has 1 aliphatic heterocycles. The quantitative estimate of drug-likeness (QED) is 0.847. The van der Waals surface area contributed by atoms with Gasteiger partial charge >= 0.3 is 6.09 Å². The molecule has 0 spiro atoms. The number of piperidine rings is 1. The molecule has 1 N–H and O–H groups in total. The van der Waals surface area contributed by atoms with Crippen LogP contribution in [0.25, 0.3) is 0 Å². The normalized spacial score (nSPS) is 21.6. The maximum atomic E-state index is 12.5. The molecule has 0 saturated carbocycles. The maximum absolute atomic E-state index is 12.5. The molecule has 1 aromatic carbocycles. The molecule has 1 unspecified atom stereocenters. The van der Waals surface area contributed by atoms with E-state index in [1.807, 2.05) is 13.8 Å². The van der Waals surface area contributed by atoms with Crippen LogP contribution in [-0.4, -0.2) is 34.0 Å². The van der Waals surface area contributed by atoms with Crippen molar-refractivity contribution in [2.45, 2.75) is 32.2 Å². The number of ketones is 1. The highest BCUT2D eigenvalue weighted by Crippen LogP contribution is 2.33. The Balaban J connectivity index is 2.14. The van der Waals surface area contributed by atoms with Crippen LogP contribution in [0.5, 0.6) is 0 Å². The summed E-state index contributed by atoms with van der Waals surface area (Å²) in [7, 11) is 0. The lowest BCUT2D eigenvalue weighted by atomic mass is 9.79. The zero-order chi connectivity index (χ0) is 14.9. The fraction of sp³-hybridized carbons (Fsp3) is 0.467. The lowest BCUT2D eigenvalue weighted by molar-refractivity contribution is 0.0423. The fourth-order valence-electron chi connectivity index (χ4n) is 2.83. The van der Waals surface area contributed by atoms with Crippen LogP contribution in [0.15, 0.2) is 24.3 Å². The van der Waals surface area contributed by atoms with Gasteiger partial charge in [-0.05, 0) is 51.0 Å². The van der Waals surface area contributed by atoms with Gasteiger partial charge in [0.25, 0.3) is 0 Å². The number of rotatable bonds is 2. The molecule has 1 fully saturated rings. The number of likely N-dealkylation sites (tertiary alicyclic amines) is 1. The van der Waals surface area contributed by atoms with Crippen molar-refractivity contribution in [3.63, 3.8) is 0 Å². The molecule has 0 aliphatic carbocycles. The average molecular weight is 296 g/mol. The van der Waals surface area contributed by atoms with E-state index in [2.05, 4.69) is 0 Å². The van der Waals surface area contributed by atoms with E-state index >= 15 is 0 Å². The highest BCUT2D eigenvalue weighted by atomic mass is 35.5. The Kier molecular flexibility index (Phi) is 4.04. The monoisotopic (exact) mass is 295 g/mol. The zero-order valence-corrected chi connectivity index (χ0v) is 12.4. The molecule has 1 atom stereocenters. The first kappa shape index (κ1) is 14.9. The number of hydrogen-bond acceptors (Lipinski definition) is 2. The van der Waals surface area contributed by atoms with E-state index in [9.17, 15) is 14.7 Å². The molecule has 5 heteroatoms. The molecule has 0 aromatic heterocycles. The van der Waals surface area contributed by atoms with Crippen molar-refractivity contribution < 1.29 is 14.7 Å². The van der Waals surface area contributed by atoms with Gasteiger partial charge in [-0.1, -0.05) is 11.6 Å². The van der Waals surface area contributed by atoms with Gasteiger partial charge in [-0.15, -0.1) is 0 Å². The predicted octanol–water partition coefficient (Wildman–Crippen LogP) is 3.69. The standard InChI is InChI=1S/C15H18ClNO3/c1-15(2)9-11(7-8-17(15)14(19)20)13(18)10-3-5-12(16)6-4-10/h3-6,11H,7-9H2,1-2H3,(H,19,20). The Morgan fingerprint density at radius 1 is 1.30 bits per heavy atom. The number of carbonyl (C=O) groups is 2. The number of carbonyl (C=O) groups excluding carboxylic acids is 1. The van der Waals surface area contributed by atoms with Gasteiger partial charge in [0.1, 0.15) is 0 Å². The molecule has 1 heterocycles. The van der Waals surface area contributed by atoms with Crippen molar-refractivity contribution >= 4 is 23.5 Å². The summed E-state index contributed by atoms with van der Waals surface area (Å²) in [6.07, 6.45) is 0.185. The molecule has 1 aromatic rings. The summed E-state index contributed by atoms with van der Waals surface area (Å²) in [6.45, 7) is 4.12. The average Bonchev–Trinajstić information content (AvgIpc) is 2.37. The first-order chi connectivity index (χ1) is 9.31. The van der Waals surface area contributed by atoms with Crippen LogP contribution in [0.1, 0.15) is 37.0 Å². The Bertz CT molecular complexity index is 524. The van der Waals surface area contributed by atoms with E-state index < -0.39 is 11.6 Å². The van der Waals surface area contributed by atoms with Crippen molar-refractivity contribution in [3.8, 4) is 0 Å². The van der Waals surface area contributed by atoms with E-state index in [1.165, 1.54) is 4.90 Å². The van der Waals surface area contributed by atoms with Gasteiger partial charge in [0, 0.05) is 28.6 Å². The molecule has 1 saturated heterocycles. The molecular formula is C15H18ClNO3. The highest BCUT2D eigenvalue weighted by Gasteiger charge is 2.40. The number of halogens is 1. The molecule has 1 aliphatic rings. The summed E-state index contributed by atoms with van der Waals surface area (Å²) in [6, 6.07) is 6.85. The van der Waals surface area contributed by atoms with Crippen molar-refractivity contribution in [1.82, 2.24) is 4.90 Å². The fourth-order valence-corrected chi connectivity index (χ4v) is 2.96. The summed E-state index contributed by atoms with van der Waals surface area (Å²) in [5, 5.41) is 9.77. The first-order valence-electron chi connectivity index (χ1n) is 6.61. The number of carboxylic acid groups (broad SMARTS) is 1. The van der Waals surface area contributed by atoms with Gasteiger partial charge < -0.3 is 10.0 Å². The summed E-state index contributed by atoms with van der Waals surface area (Å²) in [5.74, 6) is -0.0680. The molecule has 0 radical (unpaired) electrons. The third-order valence-electron chi connectivity index (χ3n) is 3.91. The van der Waals surface area contributed by atoms with E-state index in [-0.39, 0.29) is 11.7 Å². The minimum Gasteiger partial charge on any atom is -0.465 e. The van der Waals surface area contributed by atoms with Gasteiger partial charge in [0.05, 0.1) is 0 Å². The van der Waals surface area contributed by atoms with Gasteiger partial charge in [0.15, 0.2) is 5.78 Å². The second kappa shape index (κ2) is 5.44. The lowest BCUT2D eigenvalue weighted by Crippen LogP contribution is -2.53. The number of nitrogens with zero attached hydrogens (tertiary/aromatic N) is 1. The topological polar surface area (TPSA) is 57.6 Å². The summed E-state index contributed by atoms with van der Waals surface area (Å²) in [4.78, 5) is 25.1. The summed E-state index contributed by atoms with van der Waals surface area (Å²) in [5.41, 5.74) is 0.121. The molecule has 1 amide bonds. The molecule has 108 valence electrons. The summed E-state index contributed by atoms with van der Waals surface area (Å²) < 4.78 is 0. The minimum atomic E-state index is -0.924. The van der Waals surface area contributed by atoms with Crippen LogP contribution in [0, 0.1) is 5.92 Å². The third kappa shape index (κ3) is 2.96. The van der Waals surface area contributed by atoms with Crippen LogP contribution >= 0.6 is 11.6 Å². The van der Waals surface area contributed by atoms with Crippen molar-refractivity contribution in [2.24, 2.45) is 5.92 Å². The molecule has 2 rings (SSSR count). The van der Waals surface area contributed by atoms with E-state index in [4.69, 9.17) is 11.6 Å². The first-order valence-corrected chi connectivity index (χ1v) is 6.99. The van der Waals surface area contributed by atoms with E-state index in [1.54, 1.807) is 24.3 Å². The largest absolute Gasteiger partial charge is 0.465 e. The van der Waals surface area contributed by atoms with E-state index in [0.717, 1.165) is 0 Å². The van der Waals surface area contributed by atoms with Crippen LogP contribution in [0.4, 0.5) is 4.79 Å². The molecule has 20 heavy (non-hydrogen) atoms. The second-order valence-corrected chi connectivity index (χ2v) is 6.24. The highest BCUT2D eigenvalue weighted by molar-refractivity contribution is 6.30. The predicted molar refractivity (Wildman–Crippen MR) is 77.3 cm³/mol. The smallest absolute Gasteiger partial charge is 0.407 e. The van der Waals surface area contributed by atoms with Crippen LogP contribution in [0.3, 0.4) is 0 Å². The van der Waals surface area contributed by atoms with Gasteiger partial charge in [0.2, 0.25) is 0 Å². The van der Waals surface area contributed by atoms with Gasteiger partial charge in [-0.25, -0.2) is 4.79 Å². The Labute approximate surface area is 123 Å². The summed E-state index contributed by atoms with van der Waals surface area (Å²) >= 11 is 5.82. The van der Waals surface area contributed by atoms with Gasteiger partial charge in [-0.3, -0.25) is 4.79 Å². The van der Waals surface area contributed by atoms with Crippen molar-refractivity contribution in [2.75, 3.05) is 6.54 Å². The van der Waals surface area contributed by atoms with Crippen LogP contribution < -0.4 is 0 Å². The minimum absolute atomic E-state index is 0.0692. The second-order valence-electron chi connectivity index (χ2n) is 5.81. The number of hydrogen-bond donors (Lipinski definition) is 1. The Morgan fingerprint density at radius 2 is 1.90 bits per heavy atom. The molecule has 0 bridgehead atoms. The Hall–Kier alpha value is -1.55. The number of amides is 1. The SMILES string of the molecule is CC1(C)CC(C(=O)c2ccc(Cl)cc2)CCN1C(=O)O. The number of Topliss-reactive ketones (excluding diaryl/α,β-unsaturated/α-hetero) is 1. The van der Waals surface area contributed by atoms with Gasteiger partial charge in [-0.2, -0.15) is 0 Å². The third-order valence-corrected chi connectivity index (χ3v) is 4.16. The molecular weight excluding hydrogens is 278 g/mol. The number of benzene rings is 1. The van der Waals surface area contributed by atoms with Crippen molar-refractivity contribution in [3.05, 3.63) is 34.9 Å². The van der Waals surface area contributed by atoms with E-state index in [0.29, 0.717) is 30.0 Å². The Morgan fingerprint density at radius 3 is 2.40 bits per heavy atom. The van der Waals surface area contributed by atoms with Crippen LogP contribution in [0.2, 0.25) is 5.02 Å². The lowest BCUT2D eigenvalue weighted by Gasteiger charge is -2.43. The van der Waals surface area contributed by atoms with Crippen LogP contribution in [-0.2, 0) is 0 Å². The maximum Gasteiger partial charge on any atom is 0.407 e. The molecule has 4 nitrogen and oxygen atoms in total.